The van der Waals surface area contributed by atoms with E-state index >= 15 is 0 Å². The van der Waals surface area contributed by atoms with Crippen LogP contribution in [-0.2, 0) is 0 Å². The van der Waals surface area contributed by atoms with Crippen LogP contribution in [0.2, 0.25) is 0 Å². The third-order valence-electron chi connectivity index (χ3n) is 3.71. The number of aliphatic imine (C=N–C) groups is 1. The molecular formula is C16H30N4. The molecule has 1 unspecified atom stereocenters. The summed E-state index contributed by atoms with van der Waals surface area (Å²) in [5, 5.41) is 6.39. The lowest BCUT2D eigenvalue weighted by molar-refractivity contribution is 0.151. The monoisotopic (exact) mass is 278 g/mol. The summed E-state index contributed by atoms with van der Waals surface area (Å²) < 4.78 is 0. The van der Waals surface area contributed by atoms with Crippen molar-refractivity contribution in [1.29, 1.82) is 0 Å². The Morgan fingerprint density at radius 1 is 1.35 bits per heavy atom. The van der Waals surface area contributed by atoms with Crippen LogP contribution >= 0.6 is 0 Å². The van der Waals surface area contributed by atoms with Crippen LogP contribution in [0.5, 0.6) is 0 Å². The van der Waals surface area contributed by atoms with Crippen LogP contribution in [0.1, 0.15) is 46.0 Å². The van der Waals surface area contributed by atoms with Crippen molar-refractivity contribution in [3.05, 3.63) is 0 Å². The summed E-state index contributed by atoms with van der Waals surface area (Å²) in [6.45, 7) is 9.02. The van der Waals surface area contributed by atoms with Crippen molar-refractivity contribution in [2.45, 2.75) is 52.0 Å². The Labute approximate surface area is 124 Å². The highest BCUT2D eigenvalue weighted by molar-refractivity contribution is 5.79. The number of hydrogen-bond donors (Lipinski definition) is 2. The first kappa shape index (κ1) is 16.8. The molecule has 1 rings (SSSR count). The minimum Gasteiger partial charge on any atom is -0.357 e. The quantitative estimate of drug-likeness (QED) is 0.424. The molecule has 0 aromatic heterocycles. The first-order chi connectivity index (χ1) is 9.81. The molecule has 1 heterocycles. The number of nitrogens with one attached hydrogen (secondary N) is 2. The largest absolute Gasteiger partial charge is 0.357 e. The topological polar surface area (TPSA) is 39.7 Å². The van der Waals surface area contributed by atoms with Gasteiger partial charge >= 0.3 is 0 Å². The molecule has 1 saturated heterocycles. The van der Waals surface area contributed by atoms with Gasteiger partial charge < -0.3 is 10.6 Å². The molecule has 0 bridgehead atoms. The van der Waals surface area contributed by atoms with Crippen molar-refractivity contribution in [2.24, 2.45) is 4.99 Å². The summed E-state index contributed by atoms with van der Waals surface area (Å²) in [5.74, 6) is 3.43. The maximum Gasteiger partial charge on any atom is 0.192 e. The molecule has 0 aliphatic carbocycles. The van der Waals surface area contributed by atoms with Crippen molar-refractivity contribution < 1.29 is 0 Å². The highest BCUT2D eigenvalue weighted by Gasteiger charge is 2.21. The predicted octanol–water partition coefficient (Wildman–Crippen LogP) is 1.83. The van der Waals surface area contributed by atoms with Gasteiger partial charge in [-0.05, 0) is 39.3 Å². The molecule has 1 atom stereocenters. The van der Waals surface area contributed by atoms with E-state index in [1.54, 1.807) is 0 Å². The van der Waals surface area contributed by atoms with Gasteiger partial charge in [0.15, 0.2) is 5.96 Å². The van der Waals surface area contributed by atoms with Crippen molar-refractivity contribution >= 4 is 5.96 Å². The summed E-state index contributed by atoms with van der Waals surface area (Å²) in [4.78, 5) is 7.30. The molecule has 20 heavy (non-hydrogen) atoms. The minimum absolute atomic E-state index is 0.524. The lowest BCUT2D eigenvalue weighted by Crippen LogP contribution is -2.43. The normalized spacial score (nSPS) is 20.4. The number of hydrogen-bond acceptors (Lipinski definition) is 2. The van der Waals surface area contributed by atoms with Gasteiger partial charge in [0.05, 0.1) is 13.1 Å². The lowest BCUT2D eigenvalue weighted by atomic mass is 10.0. The van der Waals surface area contributed by atoms with Crippen molar-refractivity contribution in [3.8, 4) is 12.3 Å². The Morgan fingerprint density at radius 3 is 2.90 bits per heavy atom. The van der Waals surface area contributed by atoms with Crippen LogP contribution in [0.4, 0.5) is 0 Å². The molecule has 0 aromatic rings. The molecule has 0 amide bonds. The Bertz CT molecular complexity index is 319. The van der Waals surface area contributed by atoms with Gasteiger partial charge in [0.2, 0.25) is 0 Å². The molecule has 1 aliphatic rings. The van der Waals surface area contributed by atoms with E-state index in [2.05, 4.69) is 35.3 Å². The SMILES string of the molecule is C#CCNC(=NCC1CCCCN1CCCC)NCC. The summed E-state index contributed by atoms with van der Waals surface area (Å²) >= 11 is 0. The number of rotatable bonds is 7. The first-order valence-corrected chi connectivity index (χ1v) is 8.01. The van der Waals surface area contributed by atoms with Crippen molar-refractivity contribution in [1.82, 2.24) is 15.5 Å². The van der Waals surface area contributed by atoms with Gasteiger partial charge in [-0.15, -0.1) is 6.42 Å². The van der Waals surface area contributed by atoms with Gasteiger partial charge in [-0.2, -0.15) is 0 Å². The molecule has 4 heteroatoms. The summed E-state index contributed by atoms with van der Waals surface area (Å²) in [5.41, 5.74) is 0. The smallest absolute Gasteiger partial charge is 0.192 e. The molecule has 1 aliphatic heterocycles. The second-order valence-corrected chi connectivity index (χ2v) is 5.32. The molecule has 0 saturated carbocycles. The van der Waals surface area contributed by atoms with Crippen LogP contribution in [0.3, 0.4) is 0 Å². The van der Waals surface area contributed by atoms with E-state index in [9.17, 15) is 0 Å². The van der Waals surface area contributed by atoms with Crippen LogP contribution < -0.4 is 10.6 Å². The standard InChI is InChI=1S/C16H30N4/c1-4-7-12-20-13-9-8-10-15(20)14-19-16(17-6-3)18-11-5-2/h2,15H,4,6-14H2,1,3H3,(H2,17,18,19). The van der Waals surface area contributed by atoms with Gasteiger partial charge in [-0.25, -0.2) is 0 Å². The lowest BCUT2D eigenvalue weighted by Gasteiger charge is -2.35. The van der Waals surface area contributed by atoms with Gasteiger partial charge in [0, 0.05) is 12.6 Å². The molecule has 2 N–H and O–H groups in total. The second-order valence-electron chi connectivity index (χ2n) is 5.32. The van der Waals surface area contributed by atoms with Crippen LogP contribution in [0.15, 0.2) is 4.99 Å². The Morgan fingerprint density at radius 2 is 2.20 bits per heavy atom. The fourth-order valence-corrected chi connectivity index (χ4v) is 2.60. The van der Waals surface area contributed by atoms with E-state index in [0.29, 0.717) is 12.6 Å². The molecule has 0 aromatic carbocycles. The second kappa shape index (κ2) is 10.6. The number of guanidine groups is 1. The van der Waals surface area contributed by atoms with E-state index < -0.39 is 0 Å². The molecule has 114 valence electrons. The zero-order chi connectivity index (χ0) is 14.6. The first-order valence-electron chi connectivity index (χ1n) is 8.01. The Hall–Kier alpha value is -1.21. The zero-order valence-corrected chi connectivity index (χ0v) is 13.1. The van der Waals surface area contributed by atoms with E-state index in [1.807, 2.05) is 0 Å². The number of nitrogens with zero attached hydrogens (tertiary/aromatic N) is 2. The van der Waals surface area contributed by atoms with Crippen molar-refractivity contribution in [2.75, 3.05) is 32.7 Å². The van der Waals surface area contributed by atoms with Crippen LogP contribution in [0.25, 0.3) is 0 Å². The molecule has 4 nitrogen and oxygen atoms in total. The van der Waals surface area contributed by atoms with Gasteiger partial charge in [-0.1, -0.05) is 25.7 Å². The Balaban J connectivity index is 2.50. The fraction of sp³-hybridized carbons (Fsp3) is 0.812. The van der Waals surface area contributed by atoms with Crippen molar-refractivity contribution in [3.63, 3.8) is 0 Å². The maximum atomic E-state index is 5.29. The number of likely N-dealkylation sites (tertiary alicyclic amines) is 1. The van der Waals surface area contributed by atoms with E-state index in [0.717, 1.165) is 19.0 Å². The third-order valence-corrected chi connectivity index (χ3v) is 3.71. The van der Waals surface area contributed by atoms with E-state index in [4.69, 9.17) is 11.4 Å². The highest BCUT2D eigenvalue weighted by Crippen LogP contribution is 2.17. The fourth-order valence-electron chi connectivity index (χ4n) is 2.60. The number of unbranched alkanes of at least 4 members (excludes halogenated alkanes) is 1. The Kier molecular flexibility index (Phi) is 8.90. The average Bonchev–Trinajstić information content (AvgIpc) is 2.48. The van der Waals surface area contributed by atoms with E-state index in [-0.39, 0.29) is 0 Å². The maximum absolute atomic E-state index is 5.29. The van der Waals surface area contributed by atoms with Gasteiger partial charge in [0.25, 0.3) is 0 Å². The number of terminal acetylenes is 1. The zero-order valence-electron chi connectivity index (χ0n) is 13.1. The van der Waals surface area contributed by atoms with Crippen LogP contribution in [-0.4, -0.2) is 49.6 Å². The molecule has 0 radical (unpaired) electrons. The summed E-state index contributed by atoms with van der Waals surface area (Å²) in [6, 6.07) is 0.594. The van der Waals surface area contributed by atoms with Crippen LogP contribution in [0, 0.1) is 12.3 Å². The number of piperidine rings is 1. The summed E-state index contributed by atoms with van der Waals surface area (Å²) in [6.07, 6.45) is 11.8. The average molecular weight is 278 g/mol. The molecular weight excluding hydrogens is 248 g/mol. The van der Waals surface area contributed by atoms with E-state index in [1.165, 1.54) is 45.2 Å². The molecule has 0 spiro atoms. The van der Waals surface area contributed by atoms with Gasteiger partial charge in [0.1, 0.15) is 0 Å². The summed E-state index contributed by atoms with van der Waals surface area (Å²) in [7, 11) is 0. The third kappa shape index (κ3) is 6.29. The molecule has 1 fully saturated rings. The highest BCUT2D eigenvalue weighted by atomic mass is 15.2. The minimum atomic E-state index is 0.524. The van der Waals surface area contributed by atoms with Gasteiger partial charge in [-0.3, -0.25) is 9.89 Å². The predicted molar refractivity (Wildman–Crippen MR) is 86.9 cm³/mol.